The quantitative estimate of drug-likeness (QED) is 0.564. The molecule has 0 aliphatic heterocycles. The lowest BCUT2D eigenvalue weighted by molar-refractivity contribution is 0.00759. The van der Waals surface area contributed by atoms with Crippen molar-refractivity contribution < 1.29 is 22.4 Å². The number of carbonyl (C=O) groups excluding carboxylic acids is 1. The maximum Gasteiger partial charge on any atom is 0.309 e. The van der Waals surface area contributed by atoms with Gasteiger partial charge >= 0.3 is 5.92 Å². The zero-order valence-electron chi connectivity index (χ0n) is 7.86. The minimum Gasteiger partial charge on any atom is -0.287 e. The van der Waals surface area contributed by atoms with E-state index in [1.807, 2.05) is 0 Å². The molecule has 0 aliphatic carbocycles. The predicted molar refractivity (Wildman–Crippen MR) is 45.9 cm³/mol. The number of ketones is 1. The van der Waals surface area contributed by atoms with Gasteiger partial charge in [0.1, 0.15) is 0 Å². The van der Waals surface area contributed by atoms with Gasteiger partial charge in [-0.1, -0.05) is 13.0 Å². The van der Waals surface area contributed by atoms with E-state index in [1.165, 1.54) is 0 Å². The molecule has 1 aromatic carbocycles. The third-order valence-corrected chi connectivity index (χ3v) is 1.97. The van der Waals surface area contributed by atoms with Crippen molar-refractivity contribution in [2.24, 2.45) is 0 Å². The van der Waals surface area contributed by atoms with Gasteiger partial charge in [0.2, 0.25) is 5.78 Å². The van der Waals surface area contributed by atoms with E-state index < -0.39 is 35.3 Å². The van der Waals surface area contributed by atoms with Crippen LogP contribution in [0.5, 0.6) is 0 Å². The summed E-state index contributed by atoms with van der Waals surface area (Å²) in [4.78, 5) is 11.1. The summed E-state index contributed by atoms with van der Waals surface area (Å²) < 4.78 is 51.5. The minimum atomic E-state index is -3.66. The van der Waals surface area contributed by atoms with Gasteiger partial charge in [0.15, 0.2) is 11.6 Å². The third-order valence-electron chi connectivity index (χ3n) is 1.97. The summed E-state index contributed by atoms with van der Waals surface area (Å²) in [5.41, 5.74) is -0.915. The number of halogens is 4. The fourth-order valence-electron chi connectivity index (χ4n) is 1.04. The second-order valence-electron chi connectivity index (χ2n) is 2.99. The molecule has 5 heteroatoms. The standard InChI is InChI=1S/C10H8F4O/c1-2-10(13,14)9(15)6-4-3-5-7(11)8(6)12/h3-5H,2H2,1H3. The Kier molecular flexibility index (Phi) is 3.12. The van der Waals surface area contributed by atoms with Crippen LogP contribution in [0.3, 0.4) is 0 Å². The molecule has 0 N–H and O–H groups in total. The average molecular weight is 220 g/mol. The van der Waals surface area contributed by atoms with E-state index >= 15 is 0 Å². The van der Waals surface area contributed by atoms with Gasteiger partial charge in [0.05, 0.1) is 5.56 Å². The molecule has 0 radical (unpaired) electrons. The first-order valence-electron chi connectivity index (χ1n) is 4.26. The number of alkyl halides is 2. The van der Waals surface area contributed by atoms with Gasteiger partial charge in [0, 0.05) is 6.42 Å². The van der Waals surface area contributed by atoms with Gasteiger partial charge in [-0.05, 0) is 12.1 Å². The maximum absolute atomic E-state index is 13.0. The van der Waals surface area contributed by atoms with Crippen molar-refractivity contribution in [1.82, 2.24) is 0 Å². The fourth-order valence-corrected chi connectivity index (χ4v) is 1.04. The molecule has 0 fully saturated rings. The lowest BCUT2D eigenvalue weighted by Gasteiger charge is -2.12. The zero-order chi connectivity index (χ0) is 11.6. The van der Waals surface area contributed by atoms with Crippen LogP contribution in [-0.2, 0) is 0 Å². The first kappa shape index (κ1) is 11.7. The van der Waals surface area contributed by atoms with Crippen molar-refractivity contribution in [3.05, 3.63) is 35.4 Å². The molecule has 0 aromatic heterocycles. The molecule has 0 unspecified atom stereocenters. The Morgan fingerprint density at radius 2 is 1.93 bits per heavy atom. The van der Waals surface area contributed by atoms with Crippen LogP contribution < -0.4 is 0 Å². The van der Waals surface area contributed by atoms with Crippen LogP contribution in [0.1, 0.15) is 23.7 Å². The first-order valence-corrected chi connectivity index (χ1v) is 4.26. The molecule has 1 nitrogen and oxygen atoms in total. The number of Topliss-reactive ketones (excluding diaryl/α,β-unsaturated/α-hetero) is 1. The van der Waals surface area contributed by atoms with E-state index in [0.717, 1.165) is 25.1 Å². The molecular formula is C10H8F4O. The summed E-state index contributed by atoms with van der Waals surface area (Å²) in [5, 5.41) is 0. The van der Waals surface area contributed by atoms with Gasteiger partial charge in [-0.2, -0.15) is 8.78 Å². The second-order valence-corrected chi connectivity index (χ2v) is 2.99. The number of carbonyl (C=O) groups is 1. The molecule has 0 atom stereocenters. The number of hydrogen-bond donors (Lipinski definition) is 0. The van der Waals surface area contributed by atoms with Crippen molar-refractivity contribution in [2.45, 2.75) is 19.3 Å². The van der Waals surface area contributed by atoms with Crippen LogP contribution in [0.2, 0.25) is 0 Å². The molecule has 0 saturated carbocycles. The Morgan fingerprint density at radius 1 is 1.33 bits per heavy atom. The van der Waals surface area contributed by atoms with E-state index in [2.05, 4.69) is 0 Å². The largest absolute Gasteiger partial charge is 0.309 e. The van der Waals surface area contributed by atoms with Crippen molar-refractivity contribution in [3.8, 4) is 0 Å². The highest BCUT2D eigenvalue weighted by Gasteiger charge is 2.38. The van der Waals surface area contributed by atoms with Crippen LogP contribution in [0.4, 0.5) is 17.6 Å². The van der Waals surface area contributed by atoms with Crippen LogP contribution in [0.15, 0.2) is 18.2 Å². The van der Waals surface area contributed by atoms with E-state index in [-0.39, 0.29) is 0 Å². The van der Waals surface area contributed by atoms with E-state index in [0.29, 0.717) is 0 Å². The maximum atomic E-state index is 13.0. The van der Waals surface area contributed by atoms with Gasteiger partial charge in [-0.25, -0.2) is 8.78 Å². The van der Waals surface area contributed by atoms with Gasteiger partial charge < -0.3 is 0 Å². The highest BCUT2D eigenvalue weighted by molar-refractivity contribution is 6.01. The molecule has 1 aromatic rings. The topological polar surface area (TPSA) is 17.1 Å². The lowest BCUT2D eigenvalue weighted by atomic mass is 10.0. The van der Waals surface area contributed by atoms with Crippen molar-refractivity contribution in [2.75, 3.05) is 0 Å². The molecule has 0 spiro atoms. The molecule has 0 amide bonds. The normalized spacial score (nSPS) is 11.5. The molecule has 82 valence electrons. The summed E-state index contributed by atoms with van der Waals surface area (Å²) in [6, 6.07) is 2.61. The van der Waals surface area contributed by atoms with Gasteiger partial charge in [0.25, 0.3) is 0 Å². The van der Waals surface area contributed by atoms with E-state index in [1.54, 1.807) is 0 Å². The van der Waals surface area contributed by atoms with Crippen LogP contribution in [0.25, 0.3) is 0 Å². The summed E-state index contributed by atoms with van der Waals surface area (Å²) in [6.45, 7) is 1.09. The summed E-state index contributed by atoms with van der Waals surface area (Å²) in [7, 11) is 0. The highest BCUT2D eigenvalue weighted by atomic mass is 19.3. The fraction of sp³-hybridized carbons (Fsp3) is 0.300. The summed E-state index contributed by atoms with van der Waals surface area (Å²) in [6.07, 6.45) is -0.748. The smallest absolute Gasteiger partial charge is 0.287 e. The average Bonchev–Trinajstić information content (AvgIpc) is 2.21. The van der Waals surface area contributed by atoms with Crippen molar-refractivity contribution in [3.63, 3.8) is 0 Å². The summed E-state index contributed by atoms with van der Waals surface area (Å²) in [5.74, 6) is -8.19. The summed E-state index contributed by atoms with van der Waals surface area (Å²) >= 11 is 0. The molecule has 1 rings (SSSR count). The van der Waals surface area contributed by atoms with Crippen molar-refractivity contribution >= 4 is 5.78 Å². The molecular weight excluding hydrogens is 212 g/mol. The van der Waals surface area contributed by atoms with Gasteiger partial charge in [-0.3, -0.25) is 4.79 Å². The van der Waals surface area contributed by atoms with E-state index in [9.17, 15) is 22.4 Å². The zero-order valence-corrected chi connectivity index (χ0v) is 7.86. The predicted octanol–water partition coefficient (Wildman–Crippen LogP) is 3.19. The molecule has 15 heavy (non-hydrogen) atoms. The van der Waals surface area contributed by atoms with Gasteiger partial charge in [-0.15, -0.1) is 0 Å². The SMILES string of the molecule is CCC(F)(F)C(=O)c1cccc(F)c1F. The Labute approximate surface area is 83.7 Å². The molecule has 0 saturated heterocycles. The first-order chi connectivity index (χ1) is 6.90. The molecule has 0 aliphatic rings. The second kappa shape index (κ2) is 4.00. The van der Waals surface area contributed by atoms with Crippen LogP contribution in [-0.4, -0.2) is 11.7 Å². The Morgan fingerprint density at radius 3 is 2.47 bits per heavy atom. The Balaban J connectivity index is 3.18. The van der Waals surface area contributed by atoms with Crippen molar-refractivity contribution in [1.29, 1.82) is 0 Å². The minimum absolute atomic E-state index is 0.748. The van der Waals surface area contributed by atoms with Crippen LogP contribution in [0, 0.1) is 11.6 Å². The van der Waals surface area contributed by atoms with Crippen LogP contribution >= 0.6 is 0 Å². The number of hydrogen-bond acceptors (Lipinski definition) is 1. The lowest BCUT2D eigenvalue weighted by Crippen LogP contribution is -2.28. The molecule has 0 heterocycles. The molecule has 0 bridgehead atoms. The third kappa shape index (κ3) is 2.16. The Hall–Kier alpha value is -1.39. The van der Waals surface area contributed by atoms with E-state index in [4.69, 9.17) is 0 Å². The Bertz CT molecular complexity index is 387. The number of rotatable bonds is 3. The number of benzene rings is 1. The monoisotopic (exact) mass is 220 g/mol. The highest BCUT2D eigenvalue weighted by Crippen LogP contribution is 2.25.